The summed E-state index contributed by atoms with van der Waals surface area (Å²) in [6, 6.07) is 35.3. The van der Waals surface area contributed by atoms with Crippen molar-refractivity contribution in [1.82, 2.24) is 9.55 Å². The molecule has 0 saturated carbocycles. The first kappa shape index (κ1) is 21.0. The number of fused-ring (bicyclic) bond motifs is 3. The lowest BCUT2D eigenvalue weighted by atomic mass is 9.98. The Morgan fingerprint density at radius 2 is 1.20 bits per heavy atom. The van der Waals surface area contributed by atoms with Gasteiger partial charge in [-0.25, -0.2) is 4.98 Å². The van der Waals surface area contributed by atoms with Crippen LogP contribution < -0.4 is 11.5 Å². The van der Waals surface area contributed by atoms with Crippen LogP contribution in [0.1, 0.15) is 6.92 Å². The zero-order chi connectivity index (χ0) is 23.9. The van der Waals surface area contributed by atoms with Crippen LogP contribution in [0.25, 0.3) is 55.4 Å². The molecule has 4 aromatic carbocycles. The number of nitrogen functional groups attached to an aromatic ring is 2. The molecule has 2 heterocycles. The third kappa shape index (κ3) is 3.60. The van der Waals surface area contributed by atoms with Gasteiger partial charge in [0.15, 0.2) is 0 Å². The van der Waals surface area contributed by atoms with E-state index in [9.17, 15) is 0 Å². The van der Waals surface area contributed by atoms with Crippen LogP contribution in [0.5, 0.6) is 0 Å². The van der Waals surface area contributed by atoms with Crippen LogP contribution >= 0.6 is 0 Å². The lowest BCUT2D eigenvalue weighted by Gasteiger charge is -2.13. The Labute approximate surface area is 204 Å². The molecular formula is C31H26N4. The Balaban J connectivity index is 1.65. The Bertz CT molecular complexity index is 1610. The van der Waals surface area contributed by atoms with Gasteiger partial charge in [-0.05, 0) is 55.0 Å². The van der Waals surface area contributed by atoms with Crippen LogP contribution in [-0.2, 0) is 6.54 Å². The number of pyridine rings is 1. The van der Waals surface area contributed by atoms with Crippen LogP contribution in [0.3, 0.4) is 0 Å². The van der Waals surface area contributed by atoms with Gasteiger partial charge in [-0.1, -0.05) is 60.7 Å². The topological polar surface area (TPSA) is 69.9 Å². The first-order valence-electron chi connectivity index (χ1n) is 11.9. The molecule has 6 aromatic rings. The maximum Gasteiger partial charge on any atom is 0.0715 e. The third-order valence-corrected chi connectivity index (χ3v) is 6.66. The van der Waals surface area contributed by atoms with Crippen molar-refractivity contribution in [3.8, 4) is 33.6 Å². The molecule has 0 bridgehead atoms. The highest BCUT2D eigenvalue weighted by Gasteiger charge is 2.16. The van der Waals surface area contributed by atoms with Crippen molar-refractivity contribution >= 4 is 33.2 Å². The van der Waals surface area contributed by atoms with E-state index in [4.69, 9.17) is 16.5 Å². The van der Waals surface area contributed by atoms with Gasteiger partial charge in [-0.3, -0.25) is 0 Å². The van der Waals surface area contributed by atoms with E-state index < -0.39 is 0 Å². The monoisotopic (exact) mass is 454 g/mol. The summed E-state index contributed by atoms with van der Waals surface area (Å²) in [5, 5.41) is 2.54. The fourth-order valence-electron chi connectivity index (χ4n) is 4.96. The summed E-state index contributed by atoms with van der Waals surface area (Å²) in [6.45, 7) is 3.09. The van der Waals surface area contributed by atoms with E-state index >= 15 is 0 Å². The molecule has 4 N–H and O–H groups in total. The minimum atomic E-state index is 0.737. The number of para-hydroxylation sites is 2. The van der Waals surface area contributed by atoms with E-state index in [1.807, 2.05) is 48.5 Å². The van der Waals surface area contributed by atoms with Crippen LogP contribution in [0.15, 0.2) is 103 Å². The van der Waals surface area contributed by atoms with Crippen molar-refractivity contribution in [1.29, 1.82) is 0 Å². The lowest BCUT2D eigenvalue weighted by Crippen LogP contribution is -1.96. The van der Waals surface area contributed by atoms with Gasteiger partial charge in [0, 0.05) is 50.9 Å². The average Bonchev–Trinajstić information content (AvgIpc) is 3.23. The fraction of sp³-hybridized carbons (Fsp3) is 0.0645. The summed E-state index contributed by atoms with van der Waals surface area (Å²) in [5.41, 5.74) is 22.1. The highest BCUT2D eigenvalue weighted by atomic mass is 15.0. The first-order chi connectivity index (χ1) is 17.1. The highest BCUT2D eigenvalue weighted by molar-refractivity contribution is 6.12. The predicted molar refractivity (Wildman–Crippen MR) is 148 cm³/mol. The second-order valence-electron chi connectivity index (χ2n) is 8.83. The fourth-order valence-corrected chi connectivity index (χ4v) is 4.96. The van der Waals surface area contributed by atoms with Gasteiger partial charge in [0.1, 0.15) is 0 Å². The Hall–Kier alpha value is -4.57. The number of hydrogen-bond donors (Lipinski definition) is 2. The van der Waals surface area contributed by atoms with Crippen LogP contribution in [0, 0.1) is 0 Å². The minimum absolute atomic E-state index is 0.737. The number of nitrogens with two attached hydrogens (primary N) is 2. The van der Waals surface area contributed by atoms with Crippen LogP contribution in [-0.4, -0.2) is 9.55 Å². The van der Waals surface area contributed by atoms with Crippen molar-refractivity contribution in [3.63, 3.8) is 0 Å². The van der Waals surface area contributed by atoms with Gasteiger partial charge in [0.2, 0.25) is 0 Å². The van der Waals surface area contributed by atoms with Crippen LogP contribution in [0.2, 0.25) is 0 Å². The Morgan fingerprint density at radius 3 is 1.80 bits per heavy atom. The molecular weight excluding hydrogens is 428 g/mol. The maximum absolute atomic E-state index is 5.96. The van der Waals surface area contributed by atoms with Gasteiger partial charge in [-0.15, -0.1) is 0 Å². The normalized spacial score (nSPS) is 11.3. The molecule has 0 aliphatic carbocycles. The number of rotatable bonds is 4. The summed E-state index contributed by atoms with van der Waals surface area (Å²) in [7, 11) is 0. The van der Waals surface area contributed by atoms with E-state index in [1.165, 1.54) is 27.4 Å². The summed E-state index contributed by atoms with van der Waals surface area (Å²) < 4.78 is 2.41. The number of nitrogens with zero attached hydrogens (tertiary/aromatic N) is 2. The smallest absolute Gasteiger partial charge is 0.0715 e. The standard InChI is InChI=1S/C31H26N4/c1-2-35-30-9-4-3-6-26(30)27-8-5-7-25(31(27)35)22-18-28(20-10-14-23(32)15-11-20)34-29(19-22)21-12-16-24(33)17-13-21/h3-19H,2,32-33H2,1H3. The van der Waals surface area contributed by atoms with Gasteiger partial charge in [0.05, 0.1) is 16.9 Å². The largest absolute Gasteiger partial charge is 0.399 e. The molecule has 0 saturated heterocycles. The van der Waals surface area contributed by atoms with Crippen molar-refractivity contribution in [2.75, 3.05) is 11.5 Å². The number of hydrogen-bond acceptors (Lipinski definition) is 3. The Morgan fingerprint density at radius 1 is 0.629 bits per heavy atom. The molecule has 6 rings (SSSR count). The minimum Gasteiger partial charge on any atom is -0.399 e. The molecule has 0 unspecified atom stereocenters. The zero-order valence-electron chi connectivity index (χ0n) is 19.6. The number of benzene rings is 4. The summed E-state index contributed by atoms with van der Waals surface area (Å²) in [4.78, 5) is 5.04. The van der Waals surface area contributed by atoms with Crippen molar-refractivity contribution in [2.45, 2.75) is 13.5 Å². The van der Waals surface area contributed by atoms with Gasteiger partial charge in [0.25, 0.3) is 0 Å². The molecule has 4 nitrogen and oxygen atoms in total. The molecule has 0 amide bonds. The van der Waals surface area contributed by atoms with Crippen molar-refractivity contribution in [2.24, 2.45) is 0 Å². The van der Waals surface area contributed by atoms with E-state index in [0.29, 0.717) is 0 Å². The first-order valence-corrected chi connectivity index (χ1v) is 11.9. The molecule has 4 heteroatoms. The van der Waals surface area contributed by atoms with E-state index in [2.05, 4.69) is 66.1 Å². The molecule has 0 radical (unpaired) electrons. The van der Waals surface area contributed by atoms with Gasteiger partial charge in [-0.2, -0.15) is 0 Å². The second-order valence-corrected chi connectivity index (χ2v) is 8.83. The number of anilines is 2. The van der Waals surface area contributed by atoms with E-state index in [1.54, 1.807) is 0 Å². The van der Waals surface area contributed by atoms with Crippen molar-refractivity contribution < 1.29 is 0 Å². The molecule has 0 aliphatic heterocycles. The summed E-state index contributed by atoms with van der Waals surface area (Å²) in [5.74, 6) is 0. The third-order valence-electron chi connectivity index (χ3n) is 6.66. The molecule has 2 aromatic heterocycles. The Kier molecular flexibility index (Phi) is 5.00. The predicted octanol–water partition coefficient (Wildman–Crippen LogP) is 7.37. The highest BCUT2D eigenvalue weighted by Crippen LogP contribution is 2.38. The molecule has 0 fully saturated rings. The van der Waals surface area contributed by atoms with Crippen molar-refractivity contribution in [3.05, 3.63) is 103 Å². The molecule has 0 aliphatic rings. The SMILES string of the molecule is CCn1c2ccccc2c2cccc(-c3cc(-c4ccc(N)cc4)nc(-c4ccc(N)cc4)c3)c21. The average molecular weight is 455 g/mol. The number of aromatic nitrogens is 2. The molecule has 170 valence electrons. The van der Waals surface area contributed by atoms with Crippen LogP contribution in [0.4, 0.5) is 11.4 Å². The van der Waals surface area contributed by atoms with Gasteiger partial charge < -0.3 is 16.0 Å². The zero-order valence-corrected chi connectivity index (χ0v) is 19.6. The molecule has 35 heavy (non-hydrogen) atoms. The second kappa shape index (κ2) is 8.33. The molecule has 0 atom stereocenters. The van der Waals surface area contributed by atoms with E-state index in [0.717, 1.165) is 46.0 Å². The molecule has 0 spiro atoms. The lowest BCUT2D eigenvalue weighted by molar-refractivity contribution is 0.828. The summed E-state index contributed by atoms with van der Waals surface area (Å²) in [6.07, 6.45) is 0. The summed E-state index contributed by atoms with van der Waals surface area (Å²) >= 11 is 0. The number of aryl methyl sites for hydroxylation is 1. The maximum atomic E-state index is 5.96. The van der Waals surface area contributed by atoms with Gasteiger partial charge >= 0.3 is 0 Å². The van der Waals surface area contributed by atoms with E-state index in [-0.39, 0.29) is 0 Å². The quantitative estimate of drug-likeness (QED) is 0.273.